The standard InChI is InChI=1S/C30H21FN4O3S2/c31-20-6-4-19(5-7-20)26-16-17-27(38-26)29-28(25-3-1-2-18-32-25)33-30(39)34(29)21-8-12-23(13-9-21)40-24-14-10-22(11-15-24)35(36)37/h1-18,28-29H,(H,33,39). The maximum atomic E-state index is 13.5. The van der Waals surface area contributed by atoms with Gasteiger partial charge < -0.3 is 14.6 Å². The molecule has 1 aliphatic heterocycles. The lowest BCUT2D eigenvalue weighted by Gasteiger charge is -2.26. The third-order valence-corrected chi connectivity index (χ3v) is 7.87. The van der Waals surface area contributed by atoms with Crippen molar-refractivity contribution in [3.05, 3.63) is 137 Å². The first kappa shape index (κ1) is 25.7. The third kappa shape index (κ3) is 5.18. The van der Waals surface area contributed by atoms with E-state index >= 15 is 0 Å². The minimum absolute atomic E-state index is 0.0590. The maximum Gasteiger partial charge on any atom is 0.269 e. The highest BCUT2D eigenvalue weighted by molar-refractivity contribution is 7.99. The average Bonchev–Trinajstić information content (AvgIpc) is 3.59. The molecule has 0 saturated carbocycles. The van der Waals surface area contributed by atoms with Crippen LogP contribution in [0.1, 0.15) is 23.5 Å². The van der Waals surface area contributed by atoms with E-state index in [1.165, 1.54) is 36.0 Å². The van der Waals surface area contributed by atoms with E-state index in [0.717, 1.165) is 26.7 Å². The maximum absolute atomic E-state index is 13.5. The van der Waals surface area contributed by atoms with Gasteiger partial charge in [0.1, 0.15) is 23.4 Å². The Hall–Kier alpha value is -4.54. The number of non-ortho nitro benzene ring substituents is 1. The molecule has 0 bridgehead atoms. The highest BCUT2D eigenvalue weighted by Crippen LogP contribution is 2.43. The van der Waals surface area contributed by atoms with Crippen molar-refractivity contribution in [1.82, 2.24) is 10.3 Å². The van der Waals surface area contributed by atoms with E-state index in [0.29, 0.717) is 16.6 Å². The van der Waals surface area contributed by atoms with Gasteiger partial charge in [-0.3, -0.25) is 15.1 Å². The Morgan fingerprint density at radius 3 is 2.27 bits per heavy atom. The summed E-state index contributed by atoms with van der Waals surface area (Å²) in [5.74, 6) is 1.01. The van der Waals surface area contributed by atoms with Crippen LogP contribution in [0.3, 0.4) is 0 Å². The number of nitro groups is 1. The minimum atomic E-state index is -0.410. The molecule has 3 aromatic carbocycles. The van der Waals surface area contributed by atoms with Crippen LogP contribution < -0.4 is 10.2 Å². The summed E-state index contributed by atoms with van der Waals surface area (Å²) in [6.07, 6.45) is 1.75. The van der Waals surface area contributed by atoms with E-state index in [2.05, 4.69) is 10.3 Å². The van der Waals surface area contributed by atoms with E-state index in [4.69, 9.17) is 16.6 Å². The largest absolute Gasteiger partial charge is 0.459 e. The highest BCUT2D eigenvalue weighted by Gasteiger charge is 2.42. The molecule has 2 atom stereocenters. The topological polar surface area (TPSA) is 84.4 Å². The number of thiocarbonyl (C=S) groups is 1. The Morgan fingerprint density at radius 1 is 0.925 bits per heavy atom. The molecule has 0 radical (unpaired) electrons. The van der Waals surface area contributed by atoms with Gasteiger partial charge in [0.2, 0.25) is 0 Å². The number of benzene rings is 3. The summed E-state index contributed by atoms with van der Waals surface area (Å²) in [6, 6.07) is 29.5. The first-order chi connectivity index (χ1) is 19.5. The Bertz CT molecular complexity index is 1660. The van der Waals surface area contributed by atoms with Crippen LogP contribution in [0.25, 0.3) is 11.3 Å². The molecule has 2 aromatic heterocycles. The van der Waals surface area contributed by atoms with Crippen molar-refractivity contribution in [3.8, 4) is 11.3 Å². The van der Waals surface area contributed by atoms with E-state index in [1.807, 2.05) is 59.5 Å². The summed E-state index contributed by atoms with van der Waals surface area (Å²) in [5, 5.41) is 14.9. The molecule has 7 nitrogen and oxygen atoms in total. The number of nitro benzene ring substituents is 1. The number of hydrogen-bond donors (Lipinski definition) is 1. The quantitative estimate of drug-likeness (QED) is 0.121. The molecule has 0 spiro atoms. The molecule has 1 saturated heterocycles. The normalized spacial score (nSPS) is 16.6. The van der Waals surface area contributed by atoms with Crippen LogP contribution in [0.2, 0.25) is 0 Å². The minimum Gasteiger partial charge on any atom is -0.459 e. The van der Waals surface area contributed by atoms with Gasteiger partial charge in [0.25, 0.3) is 5.69 Å². The smallest absolute Gasteiger partial charge is 0.269 e. The monoisotopic (exact) mass is 568 g/mol. The Balaban J connectivity index is 1.31. The van der Waals surface area contributed by atoms with Crippen molar-refractivity contribution in [2.75, 3.05) is 4.90 Å². The molecule has 40 heavy (non-hydrogen) atoms. The zero-order valence-electron chi connectivity index (χ0n) is 20.8. The van der Waals surface area contributed by atoms with Gasteiger partial charge in [0, 0.05) is 39.4 Å². The van der Waals surface area contributed by atoms with Crippen LogP contribution in [0, 0.1) is 15.9 Å². The van der Waals surface area contributed by atoms with Crippen molar-refractivity contribution < 1.29 is 13.7 Å². The van der Waals surface area contributed by atoms with Gasteiger partial charge in [0.15, 0.2) is 5.11 Å². The second-order valence-corrected chi connectivity index (χ2v) is 10.6. The molecular formula is C30H21FN4O3S2. The van der Waals surface area contributed by atoms with Crippen LogP contribution in [0.15, 0.2) is 124 Å². The van der Waals surface area contributed by atoms with Gasteiger partial charge in [-0.1, -0.05) is 17.8 Å². The molecule has 1 N–H and O–H groups in total. The second kappa shape index (κ2) is 10.9. The van der Waals surface area contributed by atoms with E-state index in [1.54, 1.807) is 30.5 Å². The first-order valence-corrected chi connectivity index (χ1v) is 13.6. The molecule has 6 rings (SSSR count). The van der Waals surface area contributed by atoms with Crippen LogP contribution in [-0.4, -0.2) is 15.0 Å². The molecule has 198 valence electrons. The van der Waals surface area contributed by atoms with Crippen molar-refractivity contribution >= 4 is 40.5 Å². The predicted octanol–water partition coefficient (Wildman–Crippen LogP) is 7.72. The number of furan rings is 1. The van der Waals surface area contributed by atoms with Crippen LogP contribution in [0.5, 0.6) is 0 Å². The lowest BCUT2D eigenvalue weighted by Crippen LogP contribution is -2.29. The number of nitrogens with one attached hydrogen (secondary N) is 1. The molecular weight excluding hydrogens is 547 g/mol. The summed E-state index contributed by atoms with van der Waals surface area (Å²) in [5.41, 5.74) is 2.52. The van der Waals surface area contributed by atoms with Gasteiger partial charge in [-0.15, -0.1) is 0 Å². The average molecular weight is 569 g/mol. The van der Waals surface area contributed by atoms with E-state index < -0.39 is 4.92 Å². The number of nitrogens with zero attached hydrogens (tertiary/aromatic N) is 3. The van der Waals surface area contributed by atoms with E-state index in [-0.39, 0.29) is 23.6 Å². The number of anilines is 1. The van der Waals surface area contributed by atoms with Crippen LogP contribution in [0.4, 0.5) is 15.8 Å². The lowest BCUT2D eigenvalue weighted by atomic mass is 10.0. The molecule has 2 unspecified atom stereocenters. The van der Waals surface area contributed by atoms with Crippen LogP contribution >= 0.6 is 24.0 Å². The van der Waals surface area contributed by atoms with Crippen molar-refractivity contribution in [2.45, 2.75) is 21.9 Å². The highest BCUT2D eigenvalue weighted by atomic mass is 32.2. The van der Waals surface area contributed by atoms with Gasteiger partial charge in [-0.05, 0) is 97.1 Å². The molecule has 3 heterocycles. The zero-order chi connectivity index (χ0) is 27.6. The summed E-state index contributed by atoms with van der Waals surface area (Å²) in [7, 11) is 0. The molecule has 0 amide bonds. The fourth-order valence-corrected chi connectivity index (χ4v) is 5.81. The number of halogens is 1. The Morgan fingerprint density at radius 2 is 1.62 bits per heavy atom. The summed E-state index contributed by atoms with van der Waals surface area (Å²) in [4.78, 5) is 19.0. The Labute approximate surface area is 238 Å². The molecule has 0 aliphatic carbocycles. The SMILES string of the molecule is O=[N+]([O-])c1ccc(Sc2ccc(N3C(=S)NC(c4ccccn4)C3c3ccc(-c4ccc(F)cc4)o3)cc2)cc1. The van der Waals surface area contributed by atoms with Gasteiger partial charge in [-0.25, -0.2) is 4.39 Å². The van der Waals surface area contributed by atoms with Crippen LogP contribution in [-0.2, 0) is 0 Å². The number of hydrogen-bond acceptors (Lipinski definition) is 6. The first-order valence-electron chi connectivity index (χ1n) is 12.3. The second-order valence-electron chi connectivity index (χ2n) is 9.05. The summed E-state index contributed by atoms with van der Waals surface area (Å²) in [6.45, 7) is 0. The lowest BCUT2D eigenvalue weighted by molar-refractivity contribution is -0.384. The van der Waals surface area contributed by atoms with Gasteiger partial charge in [-0.2, -0.15) is 0 Å². The van der Waals surface area contributed by atoms with Crippen molar-refractivity contribution in [2.24, 2.45) is 0 Å². The molecule has 10 heteroatoms. The fraction of sp³-hybridized carbons (Fsp3) is 0.0667. The molecule has 1 aliphatic rings. The molecule has 5 aromatic rings. The van der Waals surface area contributed by atoms with Crippen molar-refractivity contribution in [1.29, 1.82) is 0 Å². The third-order valence-electron chi connectivity index (χ3n) is 6.54. The summed E-state index contributed by atoms with van der Waals surface area (Å²) < 4.78 is 19.8. The van der Waals surface area contributed by atoms with Crippen molar-refractivity contribution in [3.63, 3.8) is 0 Å². The number of aromatic nitrogens is 1. The zero-order valence-corrected chi connectivity index (χ0v) is 22.4. The van der Waals surface area contributed by atoms with Gasteiger partial charge in [0.05, 0.1) is 16.7 Å². The summed E-state index contributed by atoms with van der Waals surface area (Å²) >= 11 is 7.32. The number of rotatable bonds is 7. The fourth-order valence-electron chi connectivity index (χ4n) is 4.65. The Kier molecular flexibility index (Phi) is 7.02. The predicted molar refractivity (Wildman–Crippen MR) is 156 cm³/mol. The number of pyridine rings is 1. The molecule has 1 fully saturated rings. The van der Waals surface area contributed by atoms with Gasteiger partial charge >= 0.3 is 0 Å². The van der Waals surface area contributed by atoms with E-state index in [9.17, 15) is 14.5 Å².